The van der Waals surface area contributed by atoms with E-state index in [1.165, 1.54) is 167 Å². The first-order valence-corrected chi connectivity index (χ1v) is 26.0. The fourth-order valence-corrected chi connectivity index (χ4v) is 7.62. The van der Waals surface area contributed by atoms with Crippen LogP contribution in [0.2, 0.25) is 0 Å². The Morgan fingerprint density at radius 3 is 1.24 bits per heavy atom. The molecule has 0 saturated carbocycles. The number of ether oxygens (including phenoxy) is 2. The van der Waals surface area contributed by atoms with Gasteiger partial charge in [0.2, 0.25) is 0 Å². The molecular formula is C49H93O8P. The van der Waals surface area contributed by atoms with Crippen LogP contribution >= 0.6 is 7.82 Å². The van der Waals surface area contributed by atoms with Crippen molar-refractivity contribution < 1.29 is 37.6 Å². The minimum Gasteiger partial charge on any atom is -0.462 e. The molecule has 0 aromatic carbocycles. The van der Waals surface area contributed by atoms with Crippen LogP contribution < -0.4 is 0 Å². The van der Waals surface area contributed by atoms with Gasteiger partial charge in [0.15, 0.2) is 6.10 Å². The lowest BCUT2D eigenvalue weighted by atomic mass is 10.0. The number of unbranched alkanes of at least 4 members (excludes halogenated alkanes) is 31. The highest BCUT2D eigenvalue weighted by Crippen LogP contribution is 2.42. The number of phosphoric acid groups is 1. The van der Waals surface area contributed by atoms with E-state index in [9.17, 15) is 19.0 Å². The van der Waals surface area contributed by atoms with E-state index in [2.05, 4.69) is 42.7 Å². The largest absolute Gasteiger partial charge is 0.472 e. The van der Waals surface area contributed by atoms with Gasteiger partial charge in [-0.2, -0.15) is 0 Å². The van der Waals surface area contributed by atoms with Gasteiger partial charge >= 0.3 is 19.8 Å². The molecule has 0 radical (unpaired) electrons. The third kappa shape index (κ3) is 44.1. The number of esters is 2. The first kappa shape index (κ1) is 56.5. The molecule has 2 atom stereocenters. The summed E-state index contributed by atoms with van der Waals surface area (Å²) in [6, 6.07) is 0. The van der Waals surface area contributed by atoms with E-state index >= 15 is 0 Å². The first-order chi connectivity index (χ1) is 28.3. The molecule has 0 bridgehead atoms. The lowest BCUT2D eigenvalue weighted by Gasteiger charge is -2.19. The molecule has 0 aromatic heterocycles. The second-order valence-corrected chi connectivity index (χ2v) is 18.2. The number of phosphoric ester groups is 1. The van der Waals surface area contributed by atoms with Gasteiger partial charge < -0.3 is 14.4 Å². The van der Waals surface area contributed by atoms with Crippen molar-refractivity contribution in [3.05, 3.63) is 24.3 Å². The molecule has 1 N–H and O–H groups in total. The number of rotatable bonds is 46. The molecule has 342 valence electrons. The maximum Gasteiger partial charge on any atom is 0.472 e. The van der Waals surface area contributed by atoms with Crippen molar-refractivity contribution in [3.63, 3.8) is 0 Å². The van der Waals surface area contributed by atoms with Gasteiger partial charge in [0, 0.05) is 20.0 Å². The van der Waals surface area contributed by atoms with Crippen LogP contribution in [0.3, 0.4) is 0 Å². The highest BCUT2D eigenvalue weighted by atomic mass is 31.2. The van der Waals surface area contributed by atoms with E-state index in [1.807, 2.05) is 0 Å². The van der Waals surface area contributed by atoms with E-state index in [4.69, 9.17) is 14.0 Å². The fourth-order valence-electron chi connectivity index (χ4n) is 7.16. The van der Waals surface area contributed by atoms with Crippen LogP contribution in [0.1, 0.15) is 251 Å². The van der Waals surface area contributed by atoms with Gasteiger partial charge in [0.25, 0.3) is 0 Å². The third-order valence-electron chi connectivity index (χ3n) is 10.9. The van der Waals surface area contributed by atoms with Crippen LogP contribution in [0.15, 0.2) is 24.3 Å². The molecule has 0 fully saturated rings. The van der Waals surface area contributed by atoms with Gasteiger partial charge in [-0.3, -0.25) is 18.6 Å². The molecule has 0 amide bonds. The Balaban J connectivity index is 3.88. The molecule has 0 rings (SSSR count). The van der Waals surface area contributed by atoms with Crippen LogP contribution in [0.25, 0.3) is 0 Å². The van der Waals surface area contributed by atoms with E-state index in [-0.39, 0.29) is 19.0 Å². The van der Waals surface area contributed by atoms with Crippen molar-refractivity contribution in [2.24, 2.45) is 0 Å². The van der Waals surface area contributed by atoms with Crippen LogP contribution in [-0.4, -0.2) is 43.3 Å². The fraction of sp³-hybridized carbons (Fsp3) is 0.878. The number of carbonyl (C=O) groups excluding carboxylic acids is 2. The van der Waals surface area contributed by atoms with Gasteiger partial charge in [-0.25, -0.2) is 4.57 Å². The Hall–Kier alpha value is -1.47. The van der Waals surface area contributed by atoms with Crippen molar-refractivity contribution >= 4 is 19.8 Å². The van der Waals surface area contributed by atoms with E-state index < -0.39 is 26.5 Å². The van der Waals surface area contributed by atoms with E-state index in [0.29, 0.717) is 12.8 Å². The Kier molecular flexibility index (Phi) is 43.9. The summed E-state index contributed by atoms with van der Waals surface area (Å²) in [5.41, 5.74) is 0. The third-order valence-corrected chi connectivity index (χ3v) is 11.9. The molecule has 9 heteroatoms. The van der Waals surface area contributed by atoms with Gasteiger partial charge in [-0.05, 0) is 44.9 Å². The molecule has 2 unspecified atom stereocenters. The highest BCUT2D eigenvalue weighted by molar-refractivity contribution is 7.47. The molecular weight excluding hydrogens is 748 g/mol. The molecule has 58 heavy (non-hydrogen) atoms. The average molecular weight is 841 g/mol. The Morgan fingerprint density at radius 2 is 0.828 bits per heavy atom. The average Bonchev–Trinajstić information content (AvgIpc) is 3.21. The standard InChI is InChI=1S/C49H93O8P/c1-4-6-8-10-12-14-16-18-20-22-23-24-25-26-28-29-31-33-35-37-39-41-43-48(50)55-45-47(46-56-58(52,53)54-3)57-49(51)44-42-40-38-36-34-32-30-27-21-19-17-15-13-11-9-7-5-2/h13,15,19,21,47H,4-12,14,16-18,20,22-46H2,1-3H3,(H,52,53)/b15-13-,21-19-. The van der Waals surface area contributed by atoms with E-state index in [0.717, 1.165) is 58.5 Å². The minimum absolute atomic E-state index is 0.224. The summed E-state index contributed by atoms with van der Waals surface area (Å²) in [6.07, 6.45) is 52.4. The Morgan fingerprint density at radius 1 is 0.483 bits per heavy atom. The molecule has 0 heterocycles. The maximum absolute atomic E-state index is 12.5. The summed E-state index contributed by atoms with van der Waals surface area (Å²) in [6.45, 7) is 3.90. The van der Waals surface area contributed by atoms with Crippen molar-refractivity contribution in [3.8, 4) is 0 Å². The number of hydrogen-bond acceptors (Lipinski definition) is 7. The van der Waals surface area contributed by atoms with Crippen LogP contribution in [0.4, 0.5) is 0 Å². The Labute approximate surface area is 358 Å². The number of carbonyl (C=O) groups is 2. The summed E-state index contributed by atoms with van der Waals surface area (Å²) in [5.74, 6) is -0.800. The molecule has 8 nitrogen and oxygen atoms in total. The summed E-state index contributed by atoms with van der Waals surface area (Å²) in [7, 11) is -3.20. The highest BCUT2D eigenvalue weighted by Gasteiger charge is 2.24. The lowest BCUT2D eigenvalue weighted by molar-refractivity contribution is -0.161. The van der Waals surface area contributed by atoms with Crippen molar-refractivity contribution in [2.45, 2.75) is 258 Å². The zero-order chi connectivity index (χ0) is 42.5. The quantitative estimate of drug-likeness (QED) is 0.0279. The predicted octanol–water partition coefficient (Wildman–Crippen LogP) is 15.8. The summed E-state index contributed by atoms with van der Waals surface area (Å²) in [5, 5.41) is 0. The molecule has 0 aromatic rings. The lowest BCUT2D eigenvalue weighted by Crippen LogP contribution is -2.29. The number of hydrogen-bond donors (Lipinski definition) is 1. The summed E-state index contributed by atoms with van der Waals surface area (Å²) in [4.78, 5) is 34.6. The van der Waals surface area contributed by atoms with Crippen molar-refractivity contribution in [1.29, 1.82) is 0 Å². The predicted molar refractivity (Wildman–Crippen MR) is 244 cm³/mol. The molecule has 0 aliphatic rings. The SMILES string of the molecule is CCCCC/C=C\C/C=C\CCCCCCCCCC(=O)OC(COC(=O)CCCCCCCCCCCCCCCCCCCCCCCC)COP(=O)(O)OC. The van der Waals surface area contributed by atoms with Gasteiger partial charge in [0.05, 0.1) is 6.61 Å². The molecule has 0 aliphatic carbocycles. The van der Waals surface area contributed by atoms with Crippen molar-refractivity contribution in [1.82, 2.24) is 0 Å². The van der Waals surface area contributed by atoms with Gasteiger partial charge in [-0.15, -0.1) is 0 Å². The maximum atomic E-state index is 12.5. The summed E-state index contributed by atoms with van der Waals surface area (Å²) < 4.78 is 32.1. The van der Waals surface area contributed by atoms with Crippen LogP contribution in [0.5, 0.6) is 0 Å². The minimum atomic E-state index is -4.26. The first-order valence-electron chi connectivity index (χ1n) is 24.5. The smallest absolute Gasteiger partial charge is 0.462 e. The zero-order valence-corrected chi connectivity index (χ0v) is 39.1. The van der Waals surface area contributed by atoms with Crippen LogP contribution in [-0.2, 0) is 32.7 Å². The Bertz CT molecular complexity index is 999. The summed E-state index contributed by atoms with van der Waals surface area (Å²) >= 11 is 0. The normalized spacial score (nSPS) is 13.4. The van der Waals surface area contributed by atoms with Crippen molar-refractivity contribution in [2.75, 3.05) is 20.3 Å². The molecule has 0 aliphatic heterocycles. The molecule has 0 saturated heterocycles. The van der Waals surface area contributed by atoms with Gasteiger partial charge in [0.1, 0.15) is 6.61 Å². The zero-order valence-electron chi connectivity index (χ0n) is 38.2. The van der Waals surface area contributed by atoms with Gasteiger partial charge in [-0.1, -0.05) is 218 Å². The number of allylic oxidation sites excluding steroid dienone is 4. The second kappa shape index (κ2) is 45.1. The van der Waals surface area contributed by atoms with Crippen LogP contribution in [0, 0.1) is 0 Å². The molecule has 0 spiro atoms. The van der Waals surface area contributed by atoms with E-state index in [1.54, 1.807) is 0 Å². The monoisotopic (exact) mass is 841 g/mol. The topological polar surface area (TPSA) is 108 Å². The second-order valence-electron chi connectivity index (χ2n) is 16.6.